The molecule has 1 unspecified atom stereocenters. The average Bonchev–Trinajstić information content (AvgIpc) is 3.00. The van der Waals surface area contributed by atoms with Gasteiger partial charge in [0.2, 0.25) is 0 Å². The lowest BCUT2D eigenvalue weighted by Gasteiger charge is -2.13. The van der Waals surface area contributed by atoms with Crippen molar-refractivity contribution in [3.63, 3.8) is 0 Å². The molecule has 0 radical (unpaired) electrons. The Kier molecular flexibility index (Phi) is 4.87. The summed E-state index contributed by atoms with van der Waals surface area (Å²) in [4.78, 5) is 11.9. The van der Waals surface area contributed by atoms with Crippen LogP contribution < -0.4 is 14.8 Å². The molecule has 0 saturated carbocycles. The zero-order chi connectivity index (χ0) is 15.2. The molecule has 1 N–H and O–H groups in total. The second-order valence-corrected chi connectivity index (χ2v) is 4.75. The zero-order valence-corrected chi connectivity index (χ0v) is 12.4. The van der Waals surface area contributed by atoms with Crippen molar-refractivity contribution < 1.29 is 18.7 Å². The van der Waals surface area contributed by atoms with Gasteiger partial charge in [-0.05, 0) is 43.7 Å². The van der Waals surface area contributed by atoms with E-state index in [4.69, 9.17) is 13.9 Å². The Balaban J connectivity index is 1.89. The predicted molar refractivity (Wildman–Crippen MR) is 78.5 cm³/mol. The minimum absolute atomic E-state index is 0.0789. The van der Waals surface area contributed by atoms with Crippen molar-refractivity contribution in [2.45, 2.75) is 19.9 Å². The SMILES string of the molecule is COc1cc(C)ccc1OCC(=O)NC(C)c1ccco1. The fraction of sp³-hybridized carbons (Fsp3) is 0.312. The third-order valence-corrected chi connectivity index (χ3v) is 3.03. The van der Waals surface area contributed by atoms with Crippen LogP contribution >= 0.6 is 0 Å². The number of nitrogens with one attached hydrogen (secondary N) is 1. The van der Waals surface area contributed by atoms with Crippen molar-refractivity contribution in [1.82, 2.24) is 5.32 Å². The first kappa shape index (κ1) is 15.0. The summed E-state index contributed by atoms with van der Waals surface area (Å²) in [5, 5.41) is 2.80. The maximum Gasteiger partial charge on any atom is 0.258 e. The fourth-order valence-electron chi connectivity index (χ4n) is 1.93. The summed E-state index contributed by atoms with van der Waals surface area (Å²) in [7, 11) is 1.57. The standard InChI is InChI=1S/C16H19NO4/c1-11-6-7-14(15(9-11)19-3)21-10-16(18)17-12(2)13-5-4-8-20-13/h4-9,12H,10H2,1-3H3,(H,17,18). The van der Waals surface area contributed by atoms with Gasteiger partial charge in [-0.1, -0.05) is 6.07 Å². The molecule has 1 aromatic heterocycles. The van der Waals surface area contributed by atoms with Gasteiger partial charge in [0.05, 0.1) is 19.4 Å². The van der Waals surface area contributed by atoms with Gasteiger partial charge in [-0.2, -0.15) is 0 Å². The van der Waals surface area contributed by atoms with Gasteiger partial charge in [0.25, 0.3) is 5.91 Å². The molecule has 1 heterocycles. The van der Waals surface area contributed by atoms with E-state index in [1.54, 1.807) is 25.5 Å². The number of aryl methyl sites for hydroxylation is 1. The lowest BCUT2D eigenvalue weighted by molar-refractivity contribution is -0.123. The Morgan fingerprint density at radius 1 is 1.33 bits per heavy atom. The van der Waals surface area contributed by atoms with E-state index < -0.39 is 0 Å². The van der Waals surface area contributed by atoms with Gasteiger partial charge in [-0.3, -0.25) is 4.79 Å². The molecule has 5 nitrogen and oxygen atoms in total. The van der Waals surface area contributed by atoms with Crippen molar-refractivity contribution >= 4 is 5.91 Å². The van der Waals surface area contributed by atoms with Gasteiger partial charge in [-0.15, -0.1) is 0 Å². The molecule has 21 heavy (non-hydrogen) atoms. The average molecular weight is 289 g/mol. The van der Waals surface area contributed by atoms with E-state index in [0.29, 0.717) is 17.3 Å². The molecular weight excluding hydrogens is 270 g/mol. The number of ether oxygens (including phenoxy) is 2. The lowest BCUT2D eigenvalue weighted by atomic mass is 10.2. The molecule has 1 amide bonds. The maximum atomic E-state index is 11.9. The summed E-state index contributed by atoms with van der Waals surface area (Å²) in [6.07, 6.45) is 1.58. The molecule has 5 heteroatoms. The second-order valence-electron chi connectivity index (χ2n) is 4.75. The smallest absolute Gasteiger partial charge is 0.258 e. The van der Waals surface area contributed by atoms with E-state index in [-0.39, 0.29) is 18.6 Å². The molecule has 0 fully saturated rings. The summed E-state index contributed by atoms with van der Waals surface area (Å²) >= 11 is 0. The van der Waals surface area contributed by atoms with Crippen LogP contribution in [0.1, 0.15) is 24.3 Å². The highest BCUT2D eigenvalue weighted by Gasteiger charge is 2.13. The number of methoxy groups -OCH3 is 1. The van der Waals surface area contributed by atoms with Gasteiger partial charge in [0, 0.05) is 0 Å². The normalized spacial score (nSPS) is 11.8. The van der Waals surface area contributed by atoms with Crippen molar-refractivity contribution in [1.29, 1.82) is 0 Å². The molecule has 0 aliphatic carbocycles. The van der Waals surface area contributed by atoms with Crippen LogP contribution in [0.5, 0.6) is 11.5 Å². The van der Waals surface area contributed by atoms with Crippen LogP contribution in [0, 0.1) is 6.92 Å². The third kappa shape index (κ3) is 4.02. The van der Waals surface area contributed by atoms with E-state index in [9.17, 15) is 4.79 Å². The quantitative estimate of drug-likeness (QED) is 0.888. The van der Waals surface area contributed by atoms with Crippen LogP contribution in [0.3, 0.4) is 0 Å². The highest BCUT2D eigenvalue weighted by Crippen LogP contribution is 2.27. The van der Waals surface area contributed by atoms with Gasteiger partial charge >= 0.3 is 0 Å². The van der Waals surface area contributed by atoms with Crippen LogP contribution in [0.15, 0.2) is 41.0 Å². The minimum atomic E-state index is -0.221. The molecular formula is C16H19NO4. The molecule has 1 aromatic carbocycles. The van der Waals surface area contributed by atoms with Gasteiger partial charge in [0.15, 0.2) is 18.1 Å². The number of hydrogen-bond acceptors (Lipinski definition) is 4. The van der Waals surface area contributed by atoms with Crippen molar-refractivity contribution in [3.8, 4) is 11.5 Å². The molecule has 112 valence electrons. The maximum absolute atomic E-state index is 11.9. The first-order valence-corrected chi connectivity index (χ1v) is 6.70. The van der Waals surface area contributed by atoms with Crippen molar-refractivity contribution in [3.05, 3.63) is 47.9 Å². The minimum Gasteiger partial charge on any atom is -0.493 e. The molecule has 0 aliphatic rings. The Morgan fingerprint density at radius 2 is 2.14 bits per heavy atom. The number of rotatable bonds is 6. The van der Waals surface area contributed by atoms with E-state index in [2.05, 4.69) is 5.32 Å². The number of benzene rings is 1. The largest absolute Gasteiger partial charge is 0.493 e. The second kappa shape index (κ2) is 6.83. The third-order valence-electron chi connectivity index (χ3n) is 3.03. The number of carbonyl (C=O) groups is 1. The molecule has 0 spiro atoms. The molecule has 2 rings (SSSR count). The Labute approximate surface area is 123 Å². The van der Waals surface area contributed by atoms with Crippen LogP contribution in [0.2, 0.25) is 0 Å². The summed E-state index contributed by atoms with van der Waals surface area (Å²) < 4.78 is 16.0. The molecule has 1 atom stereocenters. The first-order valence-electron chi connectivity index (χ1n) is 6.70. The summed E-state index contributed by atoms with van der Waals surface area (Å²) in [6.45, 7) is 3.73. The van der Waals surface area contributed by atoms with Crippen molar-refractivity contribution in [2.24, 2.45) is 0 Å². The van der Waals surface area contributed by atoms with Gasteiger partial charge < -0.3 is 19.2 Å². The first-order chi connectivity index (χ1) is 10.1. The molecule has 2 aromatic rings. The lowest BCUT2D eigenvalue weighted by Crippen LogP contribution is -2.31. The zero-order valence-electron chi connectivity index (χ0n) is 12.4. The topological polar surface area (TPSA) is 60.7 Å². The fourth-order valence-corrected chi connectivity index (χ4v) is 1.93. The van der Waals surface area contributed by atoms with E-state index in [0.717, 1.165) is 5.56 Å². The van der Waals surface area contributed by atoms with E-state index >= 15 is 0 Å². The van der Waals surface area contributed by atoms with Crippen LogP contribution in [-0.4, -0.2) is 19.6 Å². The van der Waals surface area contributed by atoms with Crippen LogP contribution in [-0.2, 0) is 4.79 Å². The summed E-state index contributed by atoms with van der Waals surface area (Å²) in [6, 6.07) is 8.95. The Bertz CT molecular complexity index is 592. The monoisotopic (exact) mass is 289 g/mol. The van der Waals surface area contributed by atoms with Crippen molar-refractivity contribution in [2.75, 3.05) is 13.7 Å². The summed E-state index contributed by atoms with van der Waals surface area (Å²) in [5.74, 6) is 1.64. The van der Waals surface area contributed by atoms with E-state index in [1.165, 1.54) is 0 Å². The summed E-state index contributed by atoms with van der Waals surface area (Å²) in [5.41, 5.74) is 1.06. The van der Waals surface area contributed by atoms with Gasteiger partial charge in [0.1, 0.15) is 5.76 Å². The van der Waals surface area contributed by atoms with Gasteiger partial charge in [-0.25, -0.2) is 0 Å². The van der Waals surface area contributed by atoms with E-state index in [1.807, 2.05) is 32.0 Å². The Morgan fingerprint density at radius 3 is 2.81 bits per heavy atom. The molecule has 0 saturated heterocycles. The predicted octanol–water partition coefficient (Wildman–Crippen LogP) is 2.85. The highest BCUT2D eigenvalue weighted by molar-refractivity contribution is 5.78. The molecule has 0 aliphatic heterocycles. The highest BCUT2D eigenvalue weighted by atomic mass is 16.5. The van der Waals surface area contributed by atoms with Crippen LogP contribution in [0.4, 0.5) is 0 Å². The number of carbonyl (C=O) groups excluding carboxylic acids is 1. The number of hydrogen-bond donors (Lipinski definition) is 1. The Hall–Kier alpha value is -2.43. The van der Waals surface area contributed by atoms with Crippen LogP contribution in [0.25, 0.3) is 0 Å². The molecule has 0 bridgehead atoms. The number of furan rings is 1. The number of amides is 1.